The van der Waals surface area contributed by atoms with Crippen LogP contribution in [-0.2, 0) is 11.2 Å². The summed E-state index contributed by atoms with van der Waals surface area (Å²) in [6.45, 7) is 3.79. The molecule has 0 N–H and O–H groups in total. The van der Waals surface area contributed by atoms with Crippen molar-refractivity contribution >= 4 is 37.6 Å². The Morgan fingerprint density at radius 2 is 2.12 bits per heavy atom. The highest BCUT2D eigenvalue weighted by Crippen LogP contribution is 2.23. The van der Waals surface area contributed by atoms with Gasteiger partial charge in [0.15, 0.2) is 0 Å². The highest BCUT2D eigenvalue weighted by molar-refractivity contribution is 9.10. The van der Waals surface area contributed by atoms with Gasteiger partial charge < -0.3 is 0 Å². The molecule has 0 aliphatic carbocycles. The number of rotatable bonds is 4. The van der Waals surface area contributed by atoms with Crippen LogP contribution in [-0.4, -0.2) is 10.6 Å². The van der Waals surface area contributed by atoms with Crippen molar-refractivity contribution < 1.29 is 4.79 Å². The van der Waals surface area contributed by atoms with Gasteiger partial charge in [-0.15, -0.1) is 0 Å². The molecule has 0 saturated heterocycles. The van der Waals surface area contributed by atoms with Crippen molar-refractivity contribution in [3.8, 4) is 6.07 Å². The highest BCUT2D eigenvalue weighted by atomic mass is 79.9. The maximum atomic E-state index is 11.8. The molecule has 90 valence electrons. The Balaban J connectivity index is 2.83. The molecular formula is C13H13Br2NO. The lowest BCUT2D eigenvalue weighted by Gasteiger charge is -2.12. The minimum Gasteiger partial charge on any atom is -0.298 e. The number of ketones is 1. The number of benzene rings is 1. The van der Waals surface area contributed by atoms with E-state index in [1.165, 1.54) is 0 Å². The first-order valence-electron chi connectivity index (χ1n) is 5.32. The van der Waals surface area contributed by atoms with Gasteiger partial charge >= 0.3 is 0 Å². The molecule has 1 unspecified atom stereocenters. The zero-order valence-electron chi connectivity index (χ0n) is 9.71. The van der Waals surface area contributed by atoms with E-state index in [9.17, 15) is 4.79 Å². The molecule has 0 aliphatic rings. The van der Waals surface area contributed by atoms with Crippen molar-refractivity contribution in [3.05, 3.63) is 33.8 Å². The van der Waals surface area contributed by atoms with Crippen LogP contribution in [0.25, 0.3) is 0 Å². The summed E-state index contributed by atoms with van der Waals surface area (Å²) in [4.78, 5) is 11.6. The number of Topliss-reactive ketones (excluding diaryl/α,β-unsaturated/α-hetero) is 1. The quantitative estimate of drug-likeness (QED) is 0.767. The van der Waals surface area contributed by atoms with E-state index in [1.54, 1.807) is 12.1 Å². The van der Waals surface area contributed by atoms with Gasteiger partial charge in [-0.05, 0) is 24.1 Å². The summed E-state index contributed by atoms with van der Waals surface area (Å²) >= 11 is 6.83. The van der Waals surface area contributed by atoms with E-state index in [4.69, 9.17) is 5.26 Å². The van der Waals surface area contributed by atoms with Gasteiger partial charge in [-0.25, -0.2) is 0 Å². The highest BCUT2D eigenvalue weighted by Gasteiger charge is 2.19. The fourth-order valence-corrected chi connectivity index (χ4v) is 2.86. The number of alkyl halides is 1. The number of halogens is 2. The van der Waals surface area contributed by atoms with Gasteiger partial charge in [0, 0.05) is 10.4 Å². The second kappa shape index (κ2) is 6.32. The number of nitriles is 1. The molecule has 4 heteroatoms. The molecule has 1 atom stereocenters. The van der Waals surface area contributed by atoms with Crippen LogP contribution in [0.3, 0.4) is 0 Å². The van der Waals surface area contributed by atoms with Crippen molar-refractivity contribution in [2.75, 3.05) is 0 Å². The van der Waals surface area contributed by atoms with Crippen LogP contribution < -0.4 is 0 Å². The van der Waals surface area contributed by atoms with Crippen molar-refractivity contribution in [1.82, 2.24) is 0 Å². The van der Waals surface area contributed by atoms with Crippen LogP contribution in [0.1, 0.15) is 25.0 Å². The average Bonchev–Trinajstić information content (AvgIpc) is 2.30. The molecule has 1 aromatic carbocycles. The lowest BCUT2D eigenvalue weighted by Crippen LogP contribution is -2.21. The zero-order chi connectivity index (χ0) is 13.0. The van der Waals surface area contributed by atoms with Crippen LogP contribution in [0.15, 0.2) is 22.7 Å². The van der Waals surface area contributed by atoms with Crippen molar-refractivity contribution in [3.63, 3.8) is 0 Å². The summed E-state index contributed by atoms with van der Waals surface area (Å²) in [5.74, 6) is 0.220. The topological polar surface area (TPSA) is 40.9 Å². The average molecular weight is 359 g/mol. The van der Waals surface area contributed by atoms with Gasteiger partial charge in [0.1, 0.15) is 5.78 Å². The van der Waals surface area contributed by atoms with E-state index in [2.05, 4.69) is 37.9 Å². The molecule has 0 fully saturated rings. The third-order valence-corrected chi connectivity index (χ3v) is 3.97. The van der Waals surface area contributed by atoms with E-state index < -0.39 is 0 Å². The van der Waals surface area contributed by atoms with Gasteiger partial charge in [-0.2, -0.15) is 5.26 Å². The number of nitrogens with zero attached hydrogens (tertiary/aromatic N) is 1. The fraction of sp³-hybridized carbons (Fsp3) is 0.385. The molecule has 0 bridgehead atoms. The van der Waals surface area contributed by atoms with Crippen LogP contribution in [0.2, 0.25) is 0 Å². The Hall–Kier alpha value is -0.660. The lowest BCUT2D eigenvalue weighted by atomic mass is 10.0. The summed E-state index contributed by atoms with van der Waals surface area (Å²) in [5.41, 5.74) is 1.64. The third-order valence-electron chi connectivity index (χ3n) is 2.46. The summed E-state index contributed by atoms with van der Waals surface area (Å²) in [5, 5.41) is 8.76. The SMILES string of the molecule is CC(C)C(=O)C(Br)Cc1ccc(C#N)cc1Br. The number of carbonyl (C=O) groups is 1. The first-order chi connectivity index (χ1) is 7.95. The summed E-state index contributed by atoms with van der Waals surface area (Å²) in [6, 6.07) is 7.50. The molecule has 0 radical (unpaired) electrons. The van der Waals surface area contributed by atoms with Gasteiger partial charge in [-0.3, -0.25) is 4.79 Å². The maximum Gasteiger partial charge on any atom is 0.149 e. The van der Waals surface area contributed by atoms with E-state index in [0.29, 0.717) is 12.0 Å². The van der Waals surface area contributed by atoms with E-state index in [-0.39, 0.29) is 16.5 Å². The Kier molecular flexibility index (Phi) is 5.35. The van der Waals surface area contributed by atoms with E-state index >= 15 is 0 Å². The molecule has 0 heterocycles. The maximum absolute atomic E-state index is 11.8. The van der Waals surface area contributed by atoms with Crippen LogP contribution in [0, 0.1) is 17.2 Å². The predicted molar refractivity (Wildman–Crippen MR) is 75.1 cm³/mol. The molecule has 0 aliphatic heterocycles. The molecule has 2 nitrogen and oxygen atoms in total. The van der Waals surface area contributed by atoms with Gasteiger partial charge in [-0.1, -0.05) is 51.8 Å². The Labute approximate surface area is 118 Å². The first kappa shape index (κ1) is 14.4. The minimum atomic E-state index is -0.174. The Morgan fingerprint density at radius 1 is 1.47 bits per heavy atom. The Bertz CT molecular complexity index is 463. The summed E-state index contributed by atoms with van der Waals surface area (Å²) < 4.78 is 0.873. The molecule has 0 spiro atoms. The smallest absolute Gasteiger partial charge is 0.149 e. The fourth-order valence-electron chi connectivity index (χ4n) is 1.44. The van der Waals surface area contributed by atoms with Crippen LogP contribution in [0.5, 0.6) is 0 Å². The number of hydrogen-bond donors (Lipinski definition) is 0. The first-order valence-corrected chi connectivity index (χ1v) is 7.03. The van der Waals surface area contributed by atoms with Gasteiger partial charge in [0.25, 0.3) is 0 Å². The molecule has 1 aromatic rings. The number of carbonyl (C=O) groups excluding carboxylic acids is 1. The standard InChI is InChI=1S/C13H13Br2NO/c1-8(2)13(17)12(15)6-10-4-3-9(7-16)5-11(10)14/h3-5,8,12H,6H2,1-2H3. The molecule has 0 aromatic heterocycles. The monoisotopic (exact) mass is 357 g/mol. The minimum absolute atomic E-state index is 0.0246. The lowest BCUT2D eigenvalue weighted by molar-refractivity contribution is -0.121. The van der Waals surface area contributed by atoms with E-state index in [0.717, 1.165) is 10.0 Å². The largest absolute Gasteiger partial charge is 0.298 e. The molecule has 1 rings (SSSR count). The molecular weight excluding hydrogens is 346 g/mol. The van der Waals surface area contributed by atoms with Gasteiger partial charge in [0.2, 0.25) is 0 Å². The van der Waals surface area contributed by atoms with Gasteiger partial charge in [0.05, 0.1) is 16.5 Å². The van der Waals surface area contributed by atoms with Crippen molar-refractivity contribution in [2.24, 2.45) is 5.92 Å². The summed E-state index contributed by atoms with van der Waals surface area (Å²) in [6.07, 6.45) is 0.628. The van der Waals surface area contributed by atoms with Crippen molar-refractivity contribution in [1.29, 1.82) is 5.26 Å². The predicted octanol–water partition coefficient (Wildman–Crippen LogP) is 3.85. The van der Waals surface area contributed by atoms with E-state index in [1.807, 2.05) is 19.9 Å². The third kappa shape index (κ3) is 3.93. The molecule has 0 saturated carbocycles. The zero-order valence-corrected chi connectivity index (χ0v) is 12.9. The normalized spacial score (nSPS) is 12.2. The Morgan fingerprint density at radius 3 is 2.59 bits per heavy atom. The van der Waals surface area contributed by atoms with Crippen LogP contribution in [0.4, 0.5) is 0 Å². The summed E-state index contributed by atoms with van der Waals surface area (Å²) in [7, 11) is 0. The second-order valence-corrected chi connectivity index (χ2v) is 6.11. The van der Waals surface area contributed by atoms with Crippen LogP contribution >= 0.6 is 31.9 Å². The molecule has 17 heavy (non-hydrogen) atoms. The number of hydrogen-bond acceptors (Lipinski definition) is 2. The second-order valence-electron chi connectivity index (χ2n) is 4.15. The molecule has 0 amide bonds. The van der Waals surface area contributed by atoms with Crippen molar-refractivity contribution in [2.45, 2.75) is 25.1 Å².